The van der Waals surface area contributed by atoms with E-state index in [1.54, 1.807) is 0 Å². The minimum atomic E-state index is -4.49. The molecule has 1 unspecified atom stereocenters. The van der Waals surface area contributed by atoms with E-state index in [4.69, 9.17) is 11.6 Å². The standard InChI is InChI=1S/C21H27ClF3N3O/c22-16-12-14(6-7-15(16)21(23,24)25)13-19(29)28-11-8-26-17-4-3-5-18(20(17)28)27-9-1-2-10-27/h6-7,12,17-18,20,26H,1-5,8-11,13H2/t17-,18?,20-/m0/s1. The molecule has 160 valence electrons. The summed E-state index contributed by atoms with van der Waals surface area (Å²) in [5, 5.41) is 3.24. The highest BCUT2D eigenvalue weighted by Gasteiger charge is 2.44. The van der Waals surface area contributed by atoms with Crippen LogP contribution in [-0.2, 0) is 17.4 Å². The Hall–Kier alpha value is -1.31. The number of alkyl halides is 3. The van der Waals surface area contributed by atoms with Gasteiger partial charge >= 0.3 is 6.18 Å². The summed E-state index contributed by atoms with van der Waals surface area (Å²) in [6, 6.07) is 4.41. The average Bonchev–Trinajstić information content (AvgIpc) is 3.20. The molecule has 1 aliphatic carbocycles. The van der Waals surface area contributed by atoms with Gasteiger partial charge in [0.15, 0.2) is 0 Å². The maximum atomic E-state index is 13.2. The van der Waals surface area contributed by atoms with E-state index in [2.05, 4.69) is 10.2 Å². The van der Waals surface area contributed by atoms with Crippen LogP contribution in [0.15, 0.2) is 18.2 Å². The number of amides is 1. The van der Waals surface area contributed by atoms with Crippen molar-refractivity contribution in [2.75, 3.05) is 26.2 Å². The molecule has 1 aromatic rings. The van der Waals surface area contributed by atoms with Crippen molar-refractivity contribution in [1.82, 2.24) is 15.1 Å². The van der Waals surface area contributed by atoms with Crippen molar-refractivity contribution in [1.29, 1.82) is 0 Å². The molecule has 1 amide bonds. The van der Waals surface area contributed by atoms with Crippen molar-refractivity contribution >= 4 is 17.5 Å². The number of hydrogen-bond donors (Lipinski definition) is 1. The van der Waals surface area contributed by atoms with Crippen LogP contribution in [0.2, 0.25) is 5.02 Å². The van der Waals surface area contributed by atoms with E-state index in [9.17, 15) is 18.0 Å². The molecular weight excluding hydrogens is 403 g/mol. The Morgan fingerprint density at radius 3 is 2.59 bits per heavy atom. The second-order valence-corrected chi connectivity index (χ2v) is 8.78. The van der Waals surface area contributed by atoms with Crippen molar-refractivity contribution in [3.8, 4) is 0 Å². The summed E-state index contributed by atoms with van der Waals surface area (Å²) < 4.78 is 38.8. The van der Waals surface area contributed by atoms with Crippen molar-refractivity contribution in [3.05, 3.63) is 34.3 Å². The highest BCUT2D eigenvalue weighted by atomic mass is 35.5. The van der Waals surface area contributed by atoms with Crippen molar-refractivity contribution in [2.45, 2.75) is 62.8 Å². The molecule has 1 saturated carbocycles. The van der Waals surface area contributed by atoms with Gasteiger partial charge in [-0.05, 0) is 56.5 Å². The summed E-state index contributed by atoms with van der Waals surface area (Å²) in [5.41, 5.74) is -0.337. The van der Waals surface area contributed by atoms with E-state index in [0.29, 0.717) is 24.2 Å². The highest BCUT2D eigenvalue weighted by molar-refractivity contribution is 6.31. The van der Waals surface area contributed by atoms with Gasteiger partial charge in [-0.2, -0.15) is 13.2 Å². The first kappa shape index (κ1) is 20.9. The number of likely N-dealkylation sites (tertiary alicyclic amines) is 1. The molecule has 2 aliphatic heterocycles. The summed E-state index contributed by atoms with van der Waals surface area (Å²) in [6.45, 7) is 3.57. The highest BCUT2D eigenvalue weighted by Crippen LogP contribution is 2.35. The summed E-state index contributed by atoms with van der Waals surface area (Å²) in [5.74, 6) is -0.0246. The van der Waals surface area contributed by atoms with Gasteiger partial charge in [0, 0.05) is 25.2 Å². The second kappa shape index (κ2) is 8.44. The summed E-state index contributed by atoms with van der Waals surface area (Å²) >= 11 is 5.84. The maximum Gasteiger partial charge on any atom is 0.417 e. The van der Waals surface area contributed by atoms with Crippen LogP contribution in [0.5, 0.6) is 0 Å². The summed E-state index contributed by atoms with van der Waals surface area (Å²) in [7, 11) is 0. The minimum absolute atomic E-state index is 0.0246. The fourth-order valence-corrected chi connectivity index (χ4v) is 5.57. The fraction of sp³-hybridized carbons (Fsp3) is 0.667. The van der Waals surface area contributed by atoms with Gasteiger partial charge in [-0.25, -0.2) is 0 Å². The molecule has 3 fully saturated rings. The zero-order valence-electron chi connectivity index (χ0n) is 16.3. The van der Waals surface area contributed by atoms with Crippen LogP contribution in [0, 0.1) is 0 Å². The average molecular weight is 430 g/mol. The lowest BCUT2D eigenvalue weighted by Gasteiger charge is -2.51. The SMILES string of the molecule is O=C(Cc1ccc(C(F)(F)F)c(Cl)c1)N1CCN[C@H]2CCCC(N3CCCC3)[C@H]21. The number of hydrogen-bond acceptors (Lipinski definition) is 3. The monoisotopic (exact) mass is 429 g/mol. The van der Waals surface area contributed by atoms with E-state index in [1.165, 1.54) is 25.0 Å². The van der Waals surface area contributed by atoms with Crippen LogP contribution in [-0.4, -0.2) is 60.0 Å². The number of piperazine rings is 1. The van der Waals surface area contributed by atoms with Crippen LogP contribution in [0.3, 0.4) is 0 Å². The first-order valence-electron chi connectivity index (χ1n) is 10.5. The molecule has 3 aliphatic rings. The number of nitrogens with one attached hydrogen (secondary N) is 1. The Labute approximate surface area is 174 Å². The van der Waals surface area contributed by atoms with E-state index < -0.39 is 11.7 Å². The Bertz CT molecular complexity index is 749. The maximum absolute atomic E-state index is 13.2. The Morgan fingerprint density at radius 1 is 1.14 bits per heavy atom. The zero-order chi connectivity index (χ0) is 20.6. The second-order valence-electron chi connectivity index (χ2n) is 8.37. The molecule has 3 atom stereocenters. The van der Waals surface area contributed by atoms with Crippen LogP contribution < -0.4 is 5.32 Å². The first-order valence-corrected chi connectivity index (χ1v) is 10.8. The third-order valence-corrected chi connectivity index (χ3v) is 6.88. The lowest BCUT2D eigenvalue weighted by atomic mass is 9.82. The van der Waals surface area contributed by atoms with Crippen molar-refractivity contribution in [3.63, 3.8) is 0 Å². The molecule has 2 heterocycles. The van der Waals surface area contributed by atoms with Gasteiger partial charge in [-0.15, -0.1) is 0 Å². The molecule has 8 heteroatoms. The van der Waals surface area contributed by atoms with Crippen LogP contribution in [0.1, 0.15) is 43.2 Å². The molecule has 0 aromatic heterocycles. The topological polar surface area (TPSA) is 35.6 Å². The quantitative estimate of drug-likeness (QED) is 0.795. The molecule has 29 heavy (non-hydrogen) atoms. The normalized spacial score (nSPS) is 28.4. The third kappa shape index (κ3) is 4.42. The first-order chi connectivity index (χ1) is 13.8. The van der Waals surface area contributed by atoms with Gasteiger partial charge < -0.3 is 10.2 Å². The summed E-state index contributed by atoms with van der Waals surface area (Å²) in [6.07, 6.45) is 1.32. The van der Waals surface area contributed by atoms with Gasteiger partial charge in [0.2, 0.25) is 5.91 Å². The predicted octanol–water partition coefficient (Wildman–Crippen LogP) is 3.72. The molecule has 2 saturated heterocycles. The van der Waals surface area contributed by atoms with Crippen LogP contribution >= 0.6 is 11.6 Å². The Balaban J connectivity index is 1.51. The predicted molar refractivity (Wildman–Crippen MR) is 106 cm³/mol. The zero-order valence-corrected chi connectivity index (χ0v) is 17.1. The Morgan fingerprint density at radius 2 is 1.90 bits per heavy atom. The number of rotatable bonds is 3. The number of benzene rings is 1. The van der Waals surface area contributed by atoms with Crippen LogP contribution in [0.4, 0.5) is 13.2 Å². The van der Waals surface area contributed by atoms with Gasteiger partial charge in [0.25, 0.3) is 0 Å². The molecule has 1 aromatic carbocycles. The number of nitrogens with zero attached hydrogens (tertiary/aromatic N) is 2. The minimum Gasteiger partial charge on any atom is -0.335 e. The number of fused-ring (bicyclic) bond motifs is 1. The van der Waals surface area contributed by atoms with Crippen molar-refractivity contribution < 1.29 is 18.0 Å². The molecule has 4 rings (SSSR count). The lowest BCUT2D eigenvalue weighted by Crippen LogP contribution is -2.68. The van der Waals surface area contributed by atoms with Crippen LogP contribution in [0.25, 0.3) is 0 Å². The van der Waals surface area contributed by atoms with Gasteiger partial charge in [-0.1, -0.05) is 24.1 Å². The third-order valence-electron chi connectivity index (χ3n) is 6.56. The van der Waals surface area contributed by atoms with Crippen molar-refractivity contribution in [2.24, 2.45) is 0 Å². The number of carbonyl (C=O) groups is 1. The van der Waals surface area contributed by atoms with E-state index in [1.807, 2.05) is 4.90 Å². The van der Waals surface area contributed by atoms with Gasteiger partial charge in [0.05, 0.1) is 23.0 Å². The number of halogens is 4. The van der Waals surface area contributed by atoms with E-state index in [-0.39, 0.29) is 23.4 Å². The van der Waals surface area contributed by atoms with Gasteiger partial charge in [-0.3, -0.25) is 9.69 Å². The lowest BCUT2D eigenvalue weighted by molar-refractivity contribution is -0.138. The Kier molecular flexibility index (Phi) is 6.09. The summed E-state index contributed by atoms with van der Waals surface area (Å²) in [4.78, 5) is 17.7. The molecule has 0 radical (unpaired) electrons. The molecule has 4 nitrogen and oxygen atoms in total. The van der Waals surface area contributed by atoms with E-state index in [0.717, 1.165) is 45.0 Å². The van der Waals surface area contributed by atoms with E-state index >= 15 is 0 Å². The molecular formula is C21H27ClF3N3O. The number of carbonyl (C=O) groups excluding carboxylic acids is 1. The smallest absolute Gasteiger partial charge is 0.335 e. The molecule has 1 N–H and O–H groups in total. The van der Waals surface area contributed by atoms with Gasteiger partial charge in [0.1, 0.15) is 0 Å². The fourth-order valence-electron chi connectivity index (χ4n) is 5.26. The largest absolute Gasteiger partial charge is 0.417 e. The molecule has 0 spiro atoms. The molecule has 0 bridgehead atoms.